The fourth-order valence-electron chi connectivity index (χ4n) is 3.70. The maximum absolute atomic E-state index is 13.5. The highest BCUT2D eigenvalue weighted by Gasteiger charge is 2.21. The quantitative estimate of drug-likeness (QED) is 0.202. The summed E-state index contributed by atoms with van der Waals surface area (Å²) in [7, 11) is -0.0789. The predicted octanol–water partition coefficient (Wildman–Crippen LogP) is 7.29. The van der Waals surface area contributed by atoms with E-state index < -0.39 is 0 Å². The molecule has 0 aliphatic heterocycles. The van der Waals surface area contributed by atoms with Crippen molar-refractivity contribution in [3.05, 3.63) is 46.5 Å². The Bertz CT molecular complexity index is 853. The van der Waals surface area contributed by atoms with Crippen molar-refractivity contribution < 1.29 is 19.0 Å². The second-order valence-electron chi connectivity index (χ2n) is 8.63. The van der Waals surface area contributed by atoms with Gasteiger partial charge in [-0.2, -0.15) is 0 Å². The molecule has 0 bridgehead atoms. The average Bonchev–Trinajstić information content (AvgIpc) is 2.75. The van der Waals surface area contributed by atoms with Gasteiger partial charge in [0.25, 0.3) is 0 Å². The van der Waals surface area contributed by atoms with Crippen molar-refractivity contribution in [2.75, 3.05) is 19.8 Å². The molecule has 0 aliphatic rings. The summed E-state index contributed by atoms with van der Waals surface area (Å²) >= 11 is 0. The van der Waals surface area contributed by atoms with E-state index in [2.05, 4.69) is 39.8 Å². The van der Waals surface area contributed by atoms with Crippen molar-refractivity contribution in [2.24, 2.45) is 0 Å². The predicted molar refractivity (Wildman–Crippen MR) is 141 cm³/mol. The molecule has 2 aromatic carbocycles. The van der Waals surface area contributed by atoms with Crippen molar-refractivity contribution >= 4 is 19.4 Å². The zero-order valence-corrected chi connectivity index (χ0v) is 22.3. The Balaban J connectivity index is 2.44. The first kappa shape index (κ1) is 27.2. The Labute approximate surface area is 202 Å². The monoisotopic (exact) mass is 472 g/mol. The number of carbonyl (C=O) groups excluding carboxylic acids is 1. The molecule has 0 aromatic heterocycles. The summed E-state index contributed by atoms with van der Waals surface area (Å²) in [5, 5.41) is 0.842. The first-order chi connectivity index (χ1) is 15.9. The van der Waals surface area contributed by atoms with E-state index in [0.717, 1.165) is 66.3 Å². The second kappa shape index (κ2) is 14.3. The minimum atomic E-state index is -0.0789. The van der Waals surface area contributed by atoms with Crippen LogP contribution in [0.25, 0.3) is 0 Å². The van der Waals surface area contributed by atoms with Crippen LogP contribution in [0.4, 0.5) is 0 Å². The Hall–Kier alpha value is -2.06. The van der Waals surface area contributed by atoms with Gasteiger partial charge in [-0.05, 0) is 59.7 Å². The van der Waals surface area contributed by atoms with Crippen molar-refractivity contribution in [3.63, 3.8) is 0 Å². The van der Waals surface area contributed by atoms with E-state index in [4.69, 9.17) is 14.2 Å². The summed E-state index contributed by atoms with van der Waals surface area (Å²) in [5.41, 5.74) is 4.13. The molecule has 0 N–H and O–H groups in total. The first-order valence-corrected chi connectivity index (χ1v) is 13.4. The normalized spacial score (nSPS) is 11.2. The van der Waals surface area contributed by atoms with Gasteiger partial charge in [-0.15, -0.1) is 0 Å². The van der Waals surface area contributed by atoms with Crippen LogP contribution < -0.4 is 19.5 Å². The highest BCUT2D eigenvalue weighted by molar-refractivity contribution is 7.66. The highest BCUT2D eigenvalue weighted by Crippen LogP contribution is 2.36. The number of unbranched alkanes of at least 4 members (excludes halogenated alkanes) is 3. The van der Waals surface area contributed by atoms with Gasteiger partial charge in [-0.25, -0.2) is 0 Å². The molecule has 1 atom stereocenters. The summed E-state index contributed by atoms with van der Waals surface area (Å²) < 4.78 is 18.4. The summed E-state index contributed by atoms with van der Waals surface area (Å²) in [4.78, 5) is 13.5. The maximum Gasteiger partial charge on any atom is 0.186 e. The molecule has 0 saturated carbocycles. The molecular weight excluding hydrogens is 431 g/mol. The smallest absolute Gasteiger partial charge is 0.186 e. The molecule has 0 saturated heterocycles. The second-order valence-corrected chi connectivity index (χ2v) is 9.83. The third-order valence-corrected chi connectivity index (χ3v) is 6.68. The van der Waals surface area contributed by atoms with Crippen LogP contribution in [0.15, 0.2) is 24.3 Å². The molecule has 0 heterocycles. The van der Waals surface area contributed by atoms with Crippen molar-refractivity contribution in [1.29, 1.82) is 0 Å². The summed E-state index contributed by atoms with van der Waals surface area (Å²) in [6.07, 6.45) is 6.07. The van der Waals surface area contributed by atoms with Crippen LogP contribution in [0, 0.1) is 20.8 Å². The molecule has 0 radical (unpaired) electrons. The fraction of sp³-hybridized carbons (Fsp3) is 0.536. The summed E-state index contributed by atoms with van der Waals surface area (Å²) in [5.74, 6) is 2.15. The largest absolute Gasteiger partial charge is 0.493 e. The molecule has 5 heteroatoms. The topological polar surface area (TPSA) is 44.8 Å². The van der Waals surface area contributed by atoms with Gasteiger partial charge < -0.3 is 14.2 Å². The van der Waals surface area contributed by atoms with Crippen molar-refractivity contribution in [3.8, 4) is 17.2 Å². The van der Waals surface area contributed by atoms with E-state index >= 15 is 0 Å². The van der Waals surface area contributed by atoms with Gasteiger partial charge in [0.15, 0.2) is 5.52 Å². The minimum Gasteiger partial charge on any atom is -0.493 e. The average molecular weight is 473 g/mol. The summed E-state index contributed by atoms with van der Waals surface area (Å²) in [6, 6.07) is 8.02. The van der Waals surface area contributed by atoms with Crippen LogP contribution in [0.5, 0.6) is 17.2 Å². The lowest BCUT2D eigenvalue weighted by atomic mass is 10.0. The number of hydrogen-bond acceptors (Lipinski definition) is 4. The number of aryl methyl sites for hydroxylation is 3. The van der Waals surface area contributed by atoms with Crippen LogP contribution in [0.3, 0.4) is 0 Å². The molecular formula is C28H41O4P. The van der Waals surface area contributed by atoms with Gasteiger partial charge in [0, 0.05) is 17.7 Å². The third kappa shape index (κ3) is 8.34. The van der Waals surface area contributed by atoms with E-state index in [-0.39, 0.29) is 14.1 Å². The number of ether oxygens (including phenoxy) is 3. The highest BCUT2D eigenvalue weighted by atomic mass is 31.1. The van der Waals surface area contributed by atoms with E-state index in [0.29, 0.717) is 31.3 Å². The van der Waals surface area contributed by atoms with E-state index in [9.17, 15) is 4.79 Å². The van der Waals surface area contributed by atoms with Gasteiger partial charge in [0.1, 0.15) is 17.2 Å². The Kier molecular flexibility index (Phi) is 11.7. The van der Waals surface area contributed by atoms with Crippen LogP contribution in [0.1, 0.15) is 86.3 Å². The fourth-order valence-corrected chi connectivity index (χ4v) is 4.98. The SMILES string of the molecule is CCCCOc1cc(OCCCC)c(PC(=O)c2c(C)cc(C)cc2C)c(OCCCC)c1. The number of carbonyl (C=O) groups is 1. The Morgan fingerprint density at radius 1 is 0.727 bits per heavy atom. The van der Waals surface area contributed by atoms with E-state index in [1.165, 1.54) is 5.56 Å². The Morgan fingerprint density at radius 3 is 1.64 bits per heavy atom. The lowest BCUT2D eigenvalue weighted by Gasteiger charge is -2.19. The Morgan fingerprint density at radius 2 is 1.18 bits per heavy atom. The molecule has 0 aliphatic carbocycles. The molecule has 2 aromatic rings. The number of benzene rings is 2. The molecule has 1 unspecified atom stereocenters. The zero-order chi connectivity index (χ0) is 24.2. The lowest BCUT2D eigenvalue weighted by Crippen LogP contribution is -2.14. The molecule has 4 nitrogen and oxygen atoms in total. The molecule has 182 valence electrons. The van der Waals surface area contributed by atoms with Crippen molar-refractivity contribution in [2.45, 2.75) is 80.1 Å². The van der Waals surface area contributed by atoms with E-state index in [1.54, 1.807) is 0 Å². The molecule has 2 rings (SSSR count). The van der Waals surface area contributed by atoms with Gasteiger partial charge >= 0.3 is 0 Å². The molecule has 0 spiro atoms. The van der Waals surface area contributed by atoms with Crippen LogP contribution in [0.2, 0.25) is 0 Å². The summed E-state index contributed by atoms with van der Waals surface area (Å²) in [6.45, 7) is 14.4. The molecule has 0 amide bonds. The maximum atomic E-state index is 13.5. The molecule has 0 fully saturated rings. The standard InChI is InChI=1S/C28H41O4P/c1-7-10-13-30-23-18-24(31-14-11-8-2)27(25(19-23)32-15-12-9-3)33-28(29)26-21(5)16-20(4)17-22(26)6/h16-19,33H,7-15H2,1-6H3. The lowest BCUT2D eigenvalue weighted by molar-refractivity contribution is 0.108. The van der Waals surface area contributed by atoms with Gasteiger partial charge in [-0.1, -0.05) is 57.7 Å². The van der Waals surface area contributed by atoms with Gasteiger partial charge in [-0.3, -0.25) is 4.79 Å². The first-order valence-electron chi connectivity index (χ1n) is 12.4. The van der Waals surface area contributed by atoms with Crippen LogP contribution in [-0.2, 0) is 0 Å². The van der Waals surface area contributed by atoms with Crippen LogP contribution in [-0.4, -0.2) is 25.3 Å². The third-order valence-electron chi connectivity index (χ3n) is 5.46. The zero-order valence-electron chi connectivity index (χ0n) is 21.3. The van der Waals surface area contributed by atoms with Gasteiger partial charge in [0.05, 0.1) is 25.1 Å². The van der Waals surface area contributed by atoms with Crippen molar-refractivity contribution in [1.82, 2.24) is 0 Å². The van der Waals surface area contributed by atoms with E-state index in [1.807, 2.05) is 26.0 Å². The minimum absolute atomic E-state index is 0.0789. The number of hydrogen-bond donors (Lipinski definition) is 0. The van der Waals surface area contributed by atoms with Gasteiger partial charge in [0.2, 0.25) is 0 Å². The number of rotatable bonds is 15. The molecule has 33 heavy (non-hydrogen) atoms. The van der Waals surface area contributed by atoms with Crippen LogP contribution >= 0.6 is 8.58 Å².